The van der Waals surface area contributed by atoms with Gasteiger partial charge in [0.1, 0.15) is 5.82 Å². The molecule has 0 amide bonds. The summed E-state index contributed by atoms with van der Waals surface area (Å²) in [5.74, 6) is -0.0667. The number of aromatic nitrogens is 2. The van der Waals surface area contributed by atoms with Crippen molar-refractivity contribution in [3.63, 3.8) is 0 Å². The Morgan fingerprint density at radius 1 is 1.38 bits per heavy atom. The largest absolute Gasteiger partial charge is 0.321 e. The van der Waals surface area contributed by atoms with Crippen LogP contribution in [-0.4, -0.2) is 10.1 Å². The third-order valence-electron chi connectivity index (χ3n) is 1.48. The smallest absolute Gasteiger partial charge is 0.320 e. The molecule has 2 aromatic rings. The molecule has 0 aliphatic heterocycles. The van der Waals surface area contributed by atoms with Gasteiger partial charge in [0.15, 0.2) is 0 Å². The minimum Gasteiger partial charge on any atom is -0.321 e. The first-order chi connectivity index (χ1) is 6.25. The van der Waals surface area contributed by atoms with Crippen molar-refractivity contribution in [1.29, 1.82) is 0 Å². The number of halogens is 2. The standard InChI is InChI=1S/C8H4ClFN2O/c9-8-11-7(12-13-8)5-2-1-3-6(10)4-5/h1-4H. The first-order valence-electron chi connectivity index (χ1n) is 3.51. The molecule has 1 aromatic heterocycles. The van der Waals surface area contributed by atoms with Crippen LogP contribution in [0.5, 0.6) is 0 Å². The number of rotatable bonds is 1. The van der Waals surface area contributed by atoms with Crippen molar-refractivity contribution < 1.29 is 8.91 Å². The predicted molar refractivity (Wildman–Crippen MR) is 44.7 cm³/mol. The Kier molecular flexibility index (Phi) is 1.98. The van der Waals surface area contributed by atoms with E-state index in [0.717, 1.165) is 0 Å². The minimum absolute atomic E-state index is 0.0562. The van der Waals surface area contributed by atoms with Crippen LogP contribution in [0.15, 0.2) is 28.8 Å². The molecular weight excluding hydrogens is 195 g/mol. The van der Waals surface area contributed by atoms with Gasteiger partial charge in [0.2, 0.25) is 5.82 Å². The zero-order valence-corrected chi connectivity index (χ0v) is 7.12. The first kappa shape index (κ1) is 8.19. The summed E-state index contributed by atoms with van der Waals surface area (Å²) in [5, 5.41) is 3.49. The summed E-state index contributed by atoms with van der Waals surface area (Å²) in [6.07, 6.45) is 0. The molecule has 1 aromatic carbocycles. The number of hydrogen-bond acceptors (Lipinski definition) is 3. The van der Waals surface area contributed by atoms with Gasteiger partial charge >= 0.3 is 5.35 Å². The molecular formula is C8H4ClFN2O. The fourth-order valence-corrected chi connectivity index (χ4v) is 1.06. The van der Waals surface area contributed by atoms with E-state index in [9.17, 15) is 4.39 Å². The summed E-state index contributed by atoms with van der Waals surface area (Å²) in [5.41, 5.74) is 0.538. The van der Waals surface area contributed by atoms with E-state index in [1.807, 2.05) is 0 Å². The Morgan fingerprint density at radius 3 is 2.85 bits per heavy atom. The van der Waals surface area contributed by atoms with Gasteiger partial charge in [0.25, 0.3) is 0 Å². The zero-order valence-electron chi connectivity index (χ0n) is 6.37. The van der Waals surface area contributed by atoms with E-state index in [0.29, 0.717) is 5.56 Å². The van der Waals surface area contributed by atoms with Crippen molar-refractivity contribution in [2.24, 2.45) is 0 Å². The number of hydrogen-bond donors (Lipinski definition) is 0. The molecule has 5 heteroatoms. The van der Waals surface area contributed by atoms with Gasteiger partial charge in [0.05, 0.1) is 0 Å². The molecule has 1 heterocycles. The Bertz CT molecular complexity index is 430. The van der Waals surface area contributed by atoms with Crippen molar-refractivity contribution in [2.45, 2.75) is 0 Å². The molecule has 3 nitrogen and oxygen atoms in total. The van der Waals surface area contributed by atoms with Gasteiger partial charge in [-0.1, -0.05) is 17.3 Å². The summed E-state index contributed by atoms with van der Waals surface area (Å²) >= 11 is 5.42. The summed E-state index contributed by atoms with van der Waals surface area (Å²) in [4.78, 5) is 3.74. The molecule has 0 radical (unpaired) electrons. The zero-order chi connectivity index (χ0) is 9.26. The normalized spacial score (nSPS) is 10.3. The second-order valence-electron chi connectivity index (χ2n) is 2.38. The Balaban J connectivity index is 2.46. The molecule has 2 rings (SSSR count). The fourth-order valence-electron chi connectivity index (χ4n) is 0.950. The SMILES string of the molecule is Fc1cccc(-c2noc(Cl)n2)c1. The average Bonchev–Trinajstić information content (AvgIpc) is 2.52. The van der Waals surface area contributed by atoms with Gasteiger partial charge in [-0.25, -0.2) is 4.39 Å². The summed E-state index contributed by atoms with van der Waals surface area (Å²) in [6.45, 7) is 0. The van der Waals surface area contributed by atoms with Crippen LogP contribution in [0, 0.1) is 5.82 Å². The monoisotopic (exact) mass is 198 g/mol. The Labute approximate surface area is 78.1 Å². The maximum Gasteiger partial charge on any atom is 0.320 e. The van der Waals surface area contributed by atoms with E-state index >= 15 is 0 Å². The highest BCUT2D eigenvalue weighted by Crippen LogP contribution is 2.17. The van der Waals surface area contributed by atoms with Crippen LogP contribution in [0.3, 0.4) is 0 Å². The number of benzene rings is 1. The van der Waals surface area contributed by atoms with E-state index < -0.39 is 0 Å². The molecule has 66 valence electrons. The topological polar surface area (TPSA) is 38.9 Å². The van der Waals surface area contributed by atoms with Gasteiger partial charge in [-0.15, -0.1) is 0 Å². The van der Waals surface area contributed by atoms with Crippen LogP contribution < -0.4 is 0 Å². The fraction of sp³-hybridized carbons (Fsp3) is 0. The van der Waals surface area contributed by atoms with E-state index in [4.69, 9.17) is 11.6 Å². The molecule has 0 saturated carbocycles. The first-order valence-corrected chi connectivity index (χ1v) is 3.88. The Hall–Kier alpha value is -1.42. The highest BCUT2D eigenvalue weighted by molar-refractivity contribution is 6.27. The molecule has 0 N–H and O–H groups in total. The van der Waals surface area contributed by atoms with Crippen LogP contribution in [-0.2, 0) is 0 Å². The second kappa shape index (κ2) is 3.14. The third kappa shape index (κ3) is 1.67. The van der Waals surface area contributed by atoms with Gasteiger partial charge in [-0.3, -0.25) is 0 Å². The predicted octanol–water partition coefficient (Wildman–Crippen LogP) is 2.53. The van der Waals surface area contributed by atoms with Gasteiger partial charge in [0, 0.05) is 5.56 Å². The lowest BCUT2D eigenvalue weighted by molar-refractivity contribution is 0.421. The molecule has 0 atom stereocenters. The maximum absolute atomic E-state index is 12.7. The van der Waals surface area contributed by atoms with Gasteiger partial charge in [-0.2, -0.15) is 4.98 Å². The Morgan fingerprint density at radius 2 is 2.23 bits per heavy atom. The summed E-state index contributed by atoms with van der Waals surface area (Å²) < 4.78 is 17.3. The molecule has 0 fully saturated rings. The third-order valence-corrected chi connectivity index (χ3v) is 1.64. The van der Waals surface area contributed by atoms with Crippen molar-refractivity contribution in [3.8, 4) is 11.4 Å². The maximum atomic E-state index is 12.7. The van der Waals surface area contributed by atoms with Crippen molar-refractivity contribution in [1.82, 2.24) is 10.1 Å². The van der Waals surface area contributed by atoms with Gasteiger partial charge < -0.3 is 4.52 Å². The second-order valence-corrected chi connectivity index (χ2v) is 2.70. The molecule has 13 heavy (non-hydrogen) atoms. The average molecular weight is 199 g/mol. The van der Waals surface area contributed by atoms with Crippen molar-refractivity contribution in [2.75, 3.05) is 0 Å². The minimum atomic E-state index is -0.349. The quantitative estimate of drug-likeness (QED) is 0.707. The highest BCUT2D eigenvalue weighted by atomic mass is 35.5. The summed E-state index contributed by atoms with van der Waals surface area (Å²) in [7, 11) is 0. The number of nitrogens with zero attached hydrogens (tertiary/aromatic N) is 2. The van der Waals surface area contributed by atoms with Crippen LogP contribution >= 0.6 is 11.6 Å². The van der Waals surface area contributed by atoms with Crippen LogP contribution in [0.2, 0.25) is 5.35 Å². The van der Waals surface area contributed by atoms with Gasteiger partial charge in [-0.05, 0) is 23.7 Å². The van der Waals surface area contributed by atoms with Crippen molar-refractivity contribution >= 4 is 11.6 Å². The molecule has 0 saturated heterocycles. The van der Waals surface area contributed by atoms with E-state index in [1.165, 1.54) is 12.1 Å². The van der Waals surface area contributed by atoms with Crippen LogP contribution in [0.4, 0.5) is 4.39 Å². The molecule has 0 spiro atoms. The van der Waals surface area contributed by atoms with Crippen LogP contribution in [0.1, 0.15) is 0 Å². The lowest BCUT2D eigenvalue weighted by Crippen LogP contribution is -1.81. The van der Waals surface area contributed by atoms with E-state index in [1.54, 1.807) is 12.1 Å². The molecule has 0 aliphatic carbocycles. The molecule has 0 unspecified atom stereocenters. The lowest BCUT2D eigenvalue weighted by atomic mass is 10.2. The highest BCUT2D eigenvalue weighted by Gasteiger charge is 2.06. The molecule has 0 aliphatic rings. The lowest BCUT2D eigenvalue weighted by Gasteiger charge is -1.92. The van der Waals surface area contributed by atoms with Crippen LogP contribution in [0.25, 0.3) is 11.4 Å². The summed E-state index contributed by atoms with van der Waals surface area (Å²) in [6, 6.07) is 5.88. The van der Waals surface area contributed by atoms with E-state index in [2.05, 4.69) is 14.7 Å². The van der Waals surface area contributed by atoms with E-state index in [-0.39, 0.29) is 17.0 Å². The molecule has 0 bridgehead atoms. The van der Waals surface area contributed by atoms with Crippen molar-refractivity contribution in [3.05, 3.63) is 35.4 Å².